The number of amides is 1. The summed E-state index contributed by atoms with van der Waals surface area (Å²) in [5, 5.41) is 2.39. The van der Waals surface area contributed by atoms with Crippen LogP contribution in [0.15, 0.2) is 30.3 Å². The average Bonchev–Trinajstić information content (AvgIpc) is 2.71. The Morgan fingerprint density at radius 1 is 1.15 bits per heavy atom. The number of anilines is 1. The number of nitrogens with one attached hydrogen (secondary N) is 1. The molecule has 0 atom stereocenters. The Hall–Kier alpha value is -3.18. The van der Waals surface area contributed by atoms with Gasteiger partial charge in [-0.1, -0.05) is 6.07 Å². The van der Waals surface area contributed by atoms with Crippen molar-refractivity contribution in [2.75, 3.05) is 24.5 Å². The number of ether oxygens (including phenoxy) is 2. The minimum Gasteiger partial charge on any atom is -0.444 e. The van der Waals surface area contributed by atoms with Gasteiger partial charge in [-0.15, -0.1) is 0 Å². The molecule has 7 nitrogen and oxygen atoms in total. The molecule has 1 fully saturated rings. The number of carbonyl (C=O) groups is 1. The number of piperidine rings is 1. The van der Waals surface area contributed by atoms with Crippen molar-refractivity contribution in [2.24, 2.45) is 0 Å². The number of rotatable bonds is 5. The second-order valence-corrected chi connectivity index (χ2v) is 8.94. The fraction of sp³-hybridized carbons (Fsp3) is 0.500. The van der Waals surface area contributed by atoms with Crippen LogP contribution in [0.4, 0.5) is 32.7 Å². The molecule has 0 radical (unpaired) electrons. The minimum absolute atomic E-state index is 0.00716. The first-order chi connectivity index (χ1) is 15.7. The molecule has 0 saturated carbocycles. The Balaban J connectivity index is 1.71. The lowest BCUT2D eigenvalue weighted by molar-refractivity contribution is -0.141. The highest BCUT2D eigenvalue weighted by Crippen LogP contribution is 2.34. The molecule has 186 valence electrons. The van der Waals surface area contributed by atoms with Crippen LogP contribution < -0.4 is 15.0 Å². The van der Waals surface area contributed by atoms with Gasteiger partial charge in [-0.05, 0) is 32.9 Å². The van der Waals surface area contributed by atoms with E-state index in [0.29, 0.717) is 6.07 Å². The molecule has 0 aliphatic carbocycles. The van der Waals surface area contributed by atoms with Gasteiger partial charge in [0.2, 0.25) is 11.8 Å². The highest BCUT2D eigenvalue weighted by molar-refractivity contribution is 5.67. The number of nitrogens with zero attached hydrogens (tertiary/aromatic N) is 3. The van der Waals surface area contributed by atoms with Gasteiger partial charge in [0.25, 0.3) is 0 Å². The van der Waals surface area contributed by atoms with Gasteiger partial charge in [0.05, 0.1) is 6.54 Å². The molecule has 34 heavy (non-hydrogen) atoms. The van der Waals surface area contributed by atoms with E-state index in [-0.39, 0.29) is 44.2 Å². The second kappa shape index (κ2) is 9.59. The Kier molecular flexibility index (Phi) is 7.18. The van der Waals surface area contributed by atoms with Crippen LogP contribution in [0.25, 0.3) is 0 Å². The topological polar surface area (TPSA) is 76.6 Å². The lowest BCUT2D eigenvalue weighted by Gasteiger charge is -2.36. The summed E-state index contributed by atoms with van der Waals surface area (Å²) in [6.45, 7) is 4.75. The molecule has 12 heteroatoms. The first kappa shape index (κ1) is 25.4. The van der Waals surface area contributed by atoms with E-state index >= 15 is 4.39 Å². The number of halogens is 5. The molecule has 0 bridgehead atoms. The van der Waals surface area contributed by atoms with Crippen molar-refractivity contribution in [1.82, 2.24) is 15.3 Å². The molecule has 1 N–H and O–H groups in total. The smallest absolute Gasteiger partial charge is 0.433 e. The maximum absolute atomic E-state index is 15.2. The van der Waals surface area contributed by atoms with Crippen molar-refractivity contribution >= 4 is 12.0 Å². The monoisotopic (exact) mass is 488 g/mol. The quantitative estimate of drug-likeness (QED) is 0.579. The van der Waals surface area contributed by atoms with Gasteiger partial charge in [0, 0.05) is 38.1 Å². The summed E-state index contributed by atoms with van der Waals surface area (Å²) in [5.74, 6) is -1.37. The van der Waals surface area contributed by atoms with E-state index in [0.717, 1.165) is 12.1 Å². The lowest BCUT2D eigenvalue weighted by atomic mass is 9.93. The van der Waals surface area contributed by atoms with Gasteiger partial charge in [-0.3, -0.25) is 0 Å². The Morgan fingerprint density at radius 3 is 2.41 bits per heavy atom. The van der Waals surface area contributed by atoms with Gasteiger partial charge >= 0.3 is 12.3 Å². The molecule has 2 heterocycles. The molecule has 0 unspecified atom stereocenters. The number of hydrogen-bond acceptors (Lipinski definition) is 6. The zero-order valence-electron chi connectivity index (χ0n) is 18.9. The van der Waals surface area contributed by atoms with E-state index in [4.69, 9.17) is 9.47 Å². The Labute approximate surface area is 193 Å². The summed E-state index contributed by atoms with van der Waals surface area (Å²) >= 11 is 0. The molecule has 0 spiro atoms. The van der Waals surface area contributed by atoms with Gasteiger partial charge in [-0.2, -0.15) is 18.2 Å². The molecule has 2 aromatic rings. The average molecular weight is 488 g/mol. The zero-order valence-corrected chi connectivity index (χ0v) is 18.9. The van der Waals surface area contributed by atoms with Crippen molar-refractivity contribution in [1.29, 1.82) is 0 Å². The normalized spacial score (nSPS) is 16.2. The number of aromatic nitrogens is 2. The predicted octanol–water partition coefficient (Wildman–Crippen LogP) is 5.26. The van der Waals surface area contributed by atoms with E-state index in [2.05, 4.69) is 15.3 Å². The highest BCUT2D eigenvalue weighted by atomic mass is 19.4. The summed E-state index contributed by atoms with van der Waals surface area (Å²) in [6.07, 6.45) is -5.70. The highest BCUT2D eigenvalue weighted by Gasteiger charge is 2.38. The molecular weight excluding hydrogens is 463 g/mol. The van der Waals surface area contributed by atoms with Crippen LogP contribution in [0.5, 0.6) is 11.6 Å². The molecule has 1 saturated heterocycles. The fourth-order valence-electron chi connectivity index (χ4n) is 3.23. The Morgan fingerprint density at radius 2 is 1.82 bits per heavy atom. The van der Waals surface area contributed by atoms with Crippen molar-refractivity contribution in [2.45, 2.75) is 51.1 Å². The van der Waals surface area contributed by atoms with Crippen molar-refractivity contribution in [3.8, 4) is 11.6 Å². The molecular formula is C22H25F5N4O3. The molecule has 1 aliphatic rings. The summed E-state index contributed by atoms with van der Waals surface area (Å²) in [6, 6.07) is 5.49. The van der Waals surface area contributed by atoms with Crippen LogP contribution in [-0.4, -0.2) is 47.0 Å². The third-order valence-corrected chi connectivity index (χ3v) is 4.89. The summed E-state index contributed by atoms with van der Waals surface area (Å²) in [7, 11) is 0. The van der Waals surface area contributed by atoms with Crippen LogP contribution in [0.2, 0.25) is 0 Å². The number of carbonyl (C=O) groups excluding carboxylic acids is 1. The van der Waals surface area contributed by atoms with E-state index in [9.17, 15) is 22.4 Å². The molecule has 1 amide bonds. The van der Waals surface area contributed by atoms with E-state index in [1.807, 2.05) is 0 Å². The number of benzene rings is 1. The summed E-state index contributed by atoms with van der Waals surface area (Å²) < 4.78 is 79.2. The number of alkyl halides is 4. The van der Waals surface area contributed by atoms with E-state index < -0.39 is 40.9 Å². The van der Waals surface area contributed by atoms with Crippen molar-refractivity contribution in [3.63, 3.8) is 0 Å². The van der Waals surface area contributed by atoms with Crippen molar-refractivity contribution < 1.29 is 36.2 Å². The molecule has 3 rings (SSSR count). The van der Waals surface area contributed by atoms with Gasteiger partial charge in [0.15, 0.2) is 5.69 Å². The van der Waals surface area contributed by atoms with Crippen LogP contribution in [0, 0.1) is 5.82 Å². The molecule has 1 aliphatic heterocycles. The zero-order chi connectivity index (χ0) is 25.1. The SMILES string of the molecule is CC(C)(C)OC(=O)NCC1(F)CCN(c2nc(Oc3cccc(F)c3)cc(C(F)(F)F)n2)CC1. The van der Waals surface area contributed by atoms with Crippen LogP contribution in [-0.2, 0) is 10.9 Å². The number of alkyl carbamates (subject to hydrolysis) is 1. The van der Waals surface area contributed by atoms with Crippen LogP contribution in [0.3, 0.4) is 0 Å². The second-order valence-electron chi connectivity index (χ2n) is 8.94. The van der Waals surface area contributed by atoms with Crippen LogP contribution >= 0.6 is 0 Å². The minimum atomic E-state index is -4.78. The summed E-state index contributed by atoms with van der Waals surface area (Å²) in [5.41, 5.74) is -3.74. The molecule has 1 aromatic heterocycles. The van der Waals surface area contributed by atoms with Crippen LogP contribution in [0.1, 0.15) is 39.3 Å². The van der Waals surface area contributed by atoms with Gasteiger partial charge in [0.1, 0.15) is 22.8 Å². The van der Waals surface area contributed by atoms with Gasteiger partial charge < -0.3 is 19.7 Å². The largest absolute Gasteiger partial charge is 0.444 e. The Bertz CT molecular complexity index is 1020. The fourth-order valence-corrected chi connectivity index (χ4v) is 3.23. The standard InChI is InChI=1S/C22H25F5N4O3/c1-20(2,3)34-19(32)28-13-21(24)7-9-31(10-8-21)18-29-16(22(25,26)27)12-17(30-18)33-15-6-4-5-14(23)11-15/h4-6,11-12H,7-10,13H2,1-3H3,(H,28,32). The first-order valence-electron chi connectivity index (χ1n) is 10.5. The number of hydrogen-bond donors (Lipinski definition) is 1. The first-order valence-corrected chi connectivity index (χ1v) is 10.5. The summed E-state index contributed by atoms with van der Waals surface area (Å²) in [4.78, 5) is 20.8. The van der Waals surface area contributed by atoms with E-state index in [1.54, 1.807) is 20.8 Å². The maximum Gasteiger partial charge on any atom is 0.433 e. The predicted molar refractivity (Wildman–Crippen MR) is 113 cm³/mol. The maximum atomic E-state index is 15.2. The van der Waals surface area contributed by atoms with Gasteiger partial charge in [-0.25, -0.2) is 18.6 Å². The third kappa shape index (κ3) is 7.16. The van der Waals surface area contributed by atoms with E-state index in [1.165, 1.54) is 17.0 Å². The molecule has 1 aromatic carbocycles. The van der Waals surface area contributed by atoms with Crippen molar-refractivity contribution in [3.05, 3.63) is 41.8 Å². The lowest BCUT2D eigenvalue weighted by Crippen LogP contribution is -2.49. The third-order valence-electron chi connectivity index (χ3n) is 4.89.